The van der Waals surface area contributed by atoms with E-state index in [-0.39, 0.29) is 12.3 Å². The van der Waals surface area contributed by atoms with Gasteiger partial charge in [-0.3, -0.25) is 0 Å². The molecular weight excluding hydrogens is 290 g/mol. The van der Waals surface area contributed by atoms with E-state index in [0.717, 1.165) is 6.42 Å². The minimum absolute atomic E-state index is 0.00764. The van der Waals surface area contributed by atoms with E-state index in [0.29, 0.717) is 34.7 Å². The largest absolute Gasteiger partial charge is 0.506 e. The van der Waals surface area contributed by atoms with Gasteiger partial charge in [-0.25, -0.2) is 9.79 Å². The van der Waals surface area contributed by atoms with Crippen LogP contribution in [0.15, 0.2) is 15.5 Å². The summed E-state index contributed by atoms with van der Waals surface area (Å²) in [6.07, 6.45) is 2.20. The number of phenolic OH excluding ortho intramolecular Hbond substituents is 1. The van der Waals surface area contributed by atoms with Crippen molar-refractivity contribution in [3.05, 3.63) is 16.1 Å². The van der Waals surface area contributed by atoms with E-state index < -0.39 is 0 Å². The second-order valence-corrected chi connectivity index (χ2v) is 4.33. The third kappa shape index (κ3) is 2.43. The van der Waals surface area contributed by atoms with Crippen LogP contribution in [0.3, 0.4) is 0 Å². The fraction of sp³-hybridized carbons (Fsp3) is 0.364. The van der Waals surface area contributed by atoms with Gasteiger partial charge in [0.15, 0.2) is 11.5 Å². The number of hydrogen-bond donors (Lipinski definition) is 1. The zero-order valence-electron chi connectivity index (χ0n) is 8.90. The minimum Gasteiger partial charge on any atom is -0.506 e. The Hall–Kier alpha value is -1.52. The number of rotatable bonds is 2. The van der Waals surface area contributed by atoms with Gasteiger partial charge < -0.3 is 14.6 Å². The van der Waals surface area contributed by atoms with E-state index in [9.17, 15) is 9.90 Å². The van der Waals surface area contributed by atoms with Crippen LogP contribution in [-0.2, 0) is 11.3 Å². The summed E-state index contributed by atoms with van der Waals surface area (Å²) in [6, 6.07) is 1.64. The summed E-state index contributed by atoms with van der Waals surface area (Å²) in [7, 11) is 0. The van der Waals surface area contributed by atoms with Crippen molar-refractivity contribution in [3.63, 3.8) is 0 Å². The molecule has 0 atom stereocenters. The Labute approximate surface area is 106 Å². The Balaban J connectivity index is 2.52. The van der Waals surface area contributed by atoms with Crippen LogP contribution < -0.4 is 9.47 Å². The number of hydrogen-bond acceptors (Lipinski definition) is 5. The second-order valence-electron chi connectivity index (χ2n) is 3.47. The molecule has 2 rings (SSSR count). The summed E-state index contributed by atoms with van der Waals surface area (Å²) in [5, 5.41) is 9.90. The zero-order chi connectivity index (χ0) is 12.3. The maximum absolute atomic E-state index is 10.2. The molecule has 1 aliphatic rings. The minimum atomic E-state index is 0.00764. The number of ether oxygens (including phenoxy) is 2. The van der Waals surface area contributed by atoms with Gasteiger partial charge in [0.05, 0.1) is 29.8 Å². The van der Waals surface area contributed by atoms with Crippen molar-refractivity contribution < 1.29 is 19.4 Å². The van der Waals surface area contributed by atoms with Crippen LogP contribution in [0, 0.1) is 0 Å². The lowest BCUT2D eigenvalue weighted by atomic mass is 10.1. The van der Waals surface area contributed by atoms with Crippen LogP contribution in [0.4, 0.5) is 0 Å². The Bertz CT molecular complexity index is 483. The van der Waals surface area contributed by atoms with Gasteiger partial charge in [-0.2, -0.15) is 0 Å². The number of halogens is 1. The maximum Gasteiger partial charge on any atom is 0.235 e. The summed E-state index contributed by atoms with van der Waals surface area (Å²) >= 11 is 3.22. The van der Waals surface area contributed by atoms with E-state index >= 15 is 0 Å². The van der Waals surface area contributed by atoms with Crippen LogP contribution in [0.5, 0.6) is 17.2 Å². The Kier molecular flexibility index (Phi) is 3.66. The molecule has 0 unspecified atom stereocenters. The van der Waals surface area contributed by atoms with Crippen molar-refractivity contribution in [1.82, 2.24) is 0 Å². The van der Waals surface area contributed by atoms with Crippen LogP contribution >= 0.6 is 15.9 Å². The van der Waals surface area contributed by atoms with Gasteiger partial charge in [-0.05, 0) is 15.9 Å². The molecule has 1 heterocycles. The lowest BCUT2D eigenvalue weighted by Crippen LogP contribution is -1.98. The highest BCUT2D eigenvalue weighted by Gasteiger charge is 2.20. The van der Waals surface area contributed by atoms with Gasteiger partial charge in [-0.1, -0.05) is 0 Å². The Morgan fingerprint density at radius 2 is 2.24 bits per heavy atom. The molecule has 0 saturated carbocycles. The van der Waals surface area contributed by atoms with Crippen LogP contribution in [0.1, 0.15) is 12.0 Å². The van der Waals surface area contributed by atoms with Crippen LogP contribution in [0.2, 0.25) is 0 Å². The number of benzene rings is 1. The molecule has 0 amide bonds. The van der Waals surface area contributed by atoms with Crippen molar-refractivity contribution in [2.45, 2.75) is 13.0 Å². The highest BCUT2D eigenvalue weighted by molar-refractivity contribution is 9.10. The molecule has 0 aromatic heterocycles. The molecule has 1 aromatic carbocycles. The summed E-state index contributed by atoms with van der Waals surface area (Å²) in [4.78, 5) is 13.6. The van der Waals surface area contributed by atoms with Crippen molar-refractivity contribution in [3.8, 4) is 17.2 Å². The number of isocyanates is 1. The van der Waals surface area contributed by atoms with E-state index in [1.807, 2.05) is 0 Å². The van der Waals surface area contributed by atoms with Crippen molar-refractivity contribution >= 4 is 22.0 Å². The van der Waals surface area contributed by atoms with Crippen LogP contribution in [-0.4, -0.2) is 24.4 Å². The first kappa shape index (κ1) is 12.0. The molecule has 1 aliphatic heterocycles. The van der Waals surface area contributed by atoms with Crippen molar-refractivity contribution in [2.75, 3.05) is 13.2 Å². The average molecular weight is 300 g/mol. The first-order valence-corrected chi connectivity index (χ1v) is 5.87. The molecule has 6 heteroatoms. The highest BCUT2D eigenvalue weighted by Crippen LogP contribution is 2.43. The quantitative estimate of drug-likeness (QED) is 0.671. The zero-order valence-corrected chi connectivity index (χ0v) is 10.5. The molecule has 1 N–H and O–H groups in total. The summed E-state index contributed by atoms with van der Waals surface area (Å²) < 4.78 is 11.5. The molecular formula is C11H10BrNO4. The monoisotopic (exact) mass is 299 g/mol. The molecule has 0 radical (unpaired) electrons. The summed E-state index contributed by atoms with van der Waals surface area (Å²) in [5.74, 6) is 0.999. The van der Waals surface area contributed by atoms with Crippen LogP contribution in [0.25, 0.3) is 0 Å². The average Bonchev–Trinajstić information content (AvgIpc) is 2.55. The third-order valence-corrected chi connectivity index (χ3v) is 2.97. The second kappa shape index (κ2) is 5.21. The van der Waals surface area contributed by atoms with Gasteiger partial charge >= 0.3 is 0 Å². The lowest BCUT2D eigenvalue weighted by Gasteiger charge is -2.13. The lowest BCUT2D eigenvalue weighted by molar-refractivity contribution is 0.296. The van der Waals surface area contributed by atoms with Crippen molar-refractivity contribution in [1.29, 1.82) is 0 Å². The molecule has 0 aliphatic carbocycles. The Morgan fingerprint density at radius 3 is 3.00 bits per heavy atom. The number of carbonyl (C=O) groups excluding carboxylic acids is 1. The summed E-state index contributed by atoms with van der Waals surface area (Å²) in [5.41, 5.74) is 0.430. The van der Waals surface area contributed by atoms with Gasteiger partial charge in [0.1, 0.15) is 5.75 Å². The molecule has 0 saturated heterocycles. The van der Waals surface area contributed by atoms with E-state index in [2.05, 4.69) is 20.9 Å². The van der Waals surface area contributed by atoms with Gasteiger partial charge in [0.2, 0.25) is 6.08 Å². The smallest absolute Gasteiger partial charge is 0.235 e. The number of nitrogens with zero attached hydrogens (tertiary/aromatic N) is 1. The number of phenols is 1. The number of aliphatic imine (C=N–C) groups is 1. The topological polar surface area (TPSA) is 68.1 Å². The number of fused-ring (bicyclic) bond motifs is 1. The fourth-order valence-corrected chi connectivity index (χ4v) is 2.04. The van der Waals surface area contributed by atoms with Crippen molar-refractivity contribution in [2.24, 2.45) is 4.99 Å². The molecule has 1 aromatic rings. The molecule has 17 heavy (non-hydrogen) atoms. The molecule has 90 valence electrons. The molecule has 0 spiro atoms. The van der Waals surface area contributed by atoms with Gasteiger partial charge in [-0.15, -0.1) is 0 Å². The molecule has 0 bridgehead atoms. The first-order valence-electron chi connectivity index (χ1n) is 5.07. The van der Waals surface area contributed by atoms with E-state index in [4.69, 9.17) is 9.47 Å². The highest BCUT2D eigenvalue weighted by atomic mass is 79.9. The third-order valence-electron chi connectivity index (χ3n) is 2.36. The first-order chi connectivity index (χ1) is 8.24. The molecule has 5 nitrogen and oxygen atoms in total. The summed E-state index contributed by atoms with van der Waals surface area (Å²) in [6.45, 7) is 1.08. The SMILES string of the molecule is O=C=NCc1c(O)c(Br)cc2c1OCCCO2. The van der Waals surface area contributed by atoms with Gasteiger partial charge in [0.25, 0.3) is 0 Å². The molecule has 0 fully saturated rings. The van der Waals surface area contributed by atoms with E-state index in [1.165, 1.54) is 6.08 Å². The fourth-order valence-electron chi connectivity index (χ4n) is 1.59. The Morgan fingerprint density at radius 1 is 1.47 bits per heavy atom. The van der Waals surface area contributed by atoms with E-state index in [1.54, 1.807) is 6.07 Å². The number of aromatic hydroxyl groups is 1. The standard InChI is InChI=1S/C11H10BrNO4/c12-8-4-9-11(17-3-1-2-16-9)7(10(8)15)5-13-6-14/h4,15H,1-3,5H2. The predicted octanol–water partition coefficient (Wildman–Crippen LogP) is 2.15. The predicted molar refractivity (Wildman–Crippen MR) is 63.2 cm³/mol. The maximum atomic E-state index is 10.2. The normalized spacial score (nSPS) is 13.7. The van der Waals surface area contributed by atoms with Gasteiger partial charge in [0, 0.05) is 12.5 Å².